The number of nitrogens with one attached hydrogen (secondary N) is 1. The number of aryl methyl sites for hydroxylation is 1. The van der Waals surface area contributed by atoms with E-state index in [2.05, 4.69) is 10.2 Å². The van der Waals surface area contributed by atoms with Gasteiger partial charge in [0.05, 0.1) is 6.57 Å². The number of nitrogens with zero attached hydrogens (tertiary/aromatic N) is 1. The van der Waals surface area contributed by atoms with E-state index in [-0.39, 0.29) is 11.7 Å². The number of amides is 1. The van der Waals surface area contributed by atoms with Gasteiger partial charge in [-0.3, -0.25) is 9.59 Å². The van der Waals surface area contributed by atoms with E-state index in [1.54, 1.807) is 36.4 Å². The molecule has 0 saturated heterocycles. The van der Waals surface area contributed by atoms with Crippen molar-refractivity contribution in [1.29, 1.82) is 0 Å². The van der Waals surface area contributed by atoms with Crippen LogP contribution < -0.4 is 5.32 Å². The number of ketones is 1. The second kappa shape index (κ2) is 6.51. The SMILES string of the molecule is [C-]#[N+]c1ccc(C(=O)Nc2ccc3c(c2)CC/C(=C\C)C3=O)cc1. The highest BCUT2D eigenvalue weighted by Gasteiger charge is 2.21. The molecule has 24 heavy (non-hydrogen) atoms. The van der Waals surface area contributed by atoms with Crippen molar-refractivity contribution in [3.63, 3.8) is 0 Å². The third-order valence-electron chi connectivity index (χ3n) is 4.17. The van der Waals surface area contributed by atoms with Crippen molar-refractivity contribution in [3.8, 4) is 0 Å². The van der Waals surface area contributed by atoms with Crippen LogP contribution in [0.1, 0.15) is 39.6 Å². The molecule has 0 radical (unpaired) electrons. The van der Waals surface area contributed by atoms with E-state index < -0.39 is 0 Å². The fraction of sp³-hybridized carbons (Fsp3) is 0.150. The van der Waals surface area contributed by atoms with E-state index in [1.165, 1.54) is 0 Å². The minimum absolute atomic E-state index is 0.0753. The number of rotatable bonds is 2. The Bertz CT molecular complexity index is 887. The number of allylic oxidation sites excluding steroid dienone is 2. The van der Waals surface area contributed by atoms with E-state index in [4.69, 9.17) is 6.57 Å². The Morgan fingerprint density at radius 3 is 2.58 bits per heavy atom. The van der Waals surface area contributed by atoms with Gasteiger partial charge in [0.15, 0.2) is 11.5 Å². The summed E-state index contributed by atoms with van der Waals surface area (Å²) in [6, 6.07) is 11.9. The van der Waals surface area contributed by atoms with Gasteiger partial charge in [0.25, 0.3) is 5.91 Å². The maximum absolute atomic E-state index is 12.3. The monoisotopic (exact) mass is 316 g/mol. The molecular formula is C20H16N2O2. The normalized spacial score (nSPS) is 14.8. The molecular weight excluding hydrogens is 300 g/mol. The molecule has 0 spiro atoms. The maximum atomic E-state index is 12.3. The van der Waals surface area contributed by atoms with Crippen molar-refractivity contribution in [3.05, 3.63) is 82.2 Å². The maximum Gasteiger partial charge on any atom is 0.255 e. The molecule has 1 N–H and O–H groups in total. The molecule has 4 nitrogen and oxygen atoms in total. The van der Waals surface area contributed by atoms with Gasteiger partial charge in [0.1, 0.15) is 0 Å². The van der Waals surface area contributed by atoms with Gasteiger partial charge < -0.3 is 5.32 Å². The molecule has 0 saturated carbocycles. The average molecular weight is 316 g/mol. The van der Waals surface area contributed by atoms with Gasteiger partial charge in [-0.2, -0.15) is 0 Å². The fourth-order valence-electron chi connectivity index (χ4n) is 2.82. The van der Waals surface area contributed by atoms with Crippen LogP contribution in [0.3, 0.4) is 0 Å². The Morgan fingerprint density at radius 2 is 1.92 bits per heavy atom. The predicted molar refractivity (Wildman–Crippen MR) is 93.5 cm³/mol. The lowest BCUT2D eigenvalue weighted by Crippen LogP contribution is -2.16. The first kappa shape index (κ1) is 15.7. The Hall–Kier alpha value is -3.19. The van der Waals surface area contributed by atoms with Crippen molar-refractivity contribution in [2.75, 3.05) is 5.32 Å². The van der Waals surface area contributed by atoms with Crippen LogP contribution >= 0.6 is 0 Å². The molecule has 1 aliphatic rings. The molecule has 1 amide bonds. The summed E-state index contributed by atoms with van der Waals surface area (Å²) in [5.41, 5.74) is 4.19. The summed E-state index contributed by atoms with van der Waals surface area (Å²) in [4.78, 5) is 27.9. The van der Waals surface area contributed by atoms with Gasteiger partial charge >= 0.3 is 0 Å². The van der Waals surface area contributed by atoms with Crippen molar-refractivity contribution >= 4 is 23.1 Å². The number of hydrogen-bond acceptors (Lipinski definition) is 2. The summed E-state index contributed by atoms with van der Waals surface area (Å²) < 4.78 is 0. The van der Waals surface area contributed by atoms with Gasteiger partial charge in [0, 0.05) is 16.8 Å². The number of benzene rings is 2. The number of carbonyl (C=O) groups excluding carboxylic acids is 2. The van der Waals surface area contributed by atoms with E-state index in [1.807, 2.05) is 19.1 Å². The second-order valence-corrected chi connectivity index (χ2v) is 5.63. The Morgan fingerprint density at radius 1 is 1.17 bits per heavy atom. The van der Waals surface area contributed by atoms with E-state index in [0.29, 0.717) is 22.5 Å². The Balaban J connectivity index is 1.80. The van der Waals surface area contributed by atoms with Gasteiger partial charge in [-0.15, -0.1) is 0 Å². The average Bonchev–Trinajstić information content (AvgIpc) is 2.62. The topological polar surface area (TPSA) is 50.5 Å². The van der Waals surface area contributed by atoms with Crippen molar-refractivity contribution in [2.45, 2.75) is 19.8 Å². The molecule has 1 aliphatic carbocycles. The first-order valence-electron chi connectivity index (χ1n) is 7.74. The summed E-state index contributed by atoms with van der Waals surface area (Å²) >= 11 is 0. The van der Waals surface area contributed by atoms with Crippen molar-refractivity contribution in [1.82, 2.24) is 0 Å². The number of hydrogen-bond donors (Lipinski definition) is 1. The molecule has 3 rings (SSSR count). The summed E-state index contributed by atoms with van der Waals surface area (Å²) in [6.45, 7) is 8.81. The first-order chi connectivity index (χ1) is 11.6. The number of fused-ring (bicyclic) bond motifs is 1. The lowest BCUT2D eigenvalue weighted by atomic mass is 9.86. The van der Waals surface area contributed by atoms with Crippen LogP contribution in [0.25, 0.3) is 4.85 Å². The minimum atomic E-state index is -0.234. The number of Topliss-reactive ketones (excluding diaryl/α,β-unsaturated/α-hetero) is 1. The molecule has 0 unspecified atom stereocenters. The van der Waals surface area contributed by atoms with Gasteiger partial charge in [-0.05, 0) is 49.1 Å². The van der Waals surface area contributed by atoms with Crippen LogP contribution in [-0.4, -0.2) is 11.7 Å². The van der Waals surface area contributed by atoms with E-state index in [0.717, 1.165) is 24.0 Å². The molecule has 0 fully saturated rings. The van der Waals surface area contributed by atoms with Crippen LogP contribution in [0.2, 0.25) is 0 Å². The standard InChI is InChI=1S/C20H16N2O2/c1-3-13-4-5-15-12-17(10-11-18(15)19(13)23)22-20(24)14-6-8-16(21-2)9-7-14/h3,6-12H,4-5H2,1H3,(H,22,24)/b13-3+. The van der Waals surface area contributed by atoms with Crippen LogP contribution in [-0.2, 0) is 6.42 Å². The Labute approximate surface area is 140 Å². The molecule has 2 aromatic carbocycles. The van der Waals surface area contributed by atoms with Crippen molar-refractivity contribution in [2.24, 2.45) is 0 Å². The highest BCUT2D eigenvalue weighted by Crippen LogP contribution is 2.27. The molecule has 0 aliphatic heterocycles. The molecule has 0 aromatic heterocycles. The van der Waals surface area contributed by atoms with Gasteiger partial charge in [-0.25, -0.2) is 4.85 Å². The fourth-order valence-corrected chi connectivity index (χ4v) is 2.82. The molecule has 0 atom stereocenters. The van der Waals surface area contributed by atoms with Gasteiger partial charge in [-0.1, -0.05) is 30.3 Å². The quantitative estimate of drug-likeness (QED) is 0.652. The minimum Gasteiger partial charge on any atom is -0.322 e. The third-order valence-corrected chi connectivity index (χ3v) is 4.17. The number of carbonyl (C=O) groups is 2. The largest absolute Gasteiger partial charge is 0.322 e. The van der Waals surface area contributed by atoms with Crippen molar-refractivity contribution < 1.29 is 9.59 Å². The van der Waals surface area contributed by atoms with E-state index in [9.17, 15) is 9.59 Å². The van der Waals surface area contributed by atoms with Crippen LogP contribution in [0.15, 0.2) is 54.1 Å². The Kier molecular flexibility index (Phi) is 4.26. The zero-order valence-corrected chi connectivity index (χ0v) is 13.3. The van der Waals surface area contributed by atoms with Crippen LogP contribution in [0, 0.1) is 6.57 Å². The summed E-state index contributed by atoms with van der Waals surface area (Å²) in [5.74, 6) is -0.158. The molecule has 4 heteroatoms. The zero-order valence-electron chi connectivity index (χ0n) is 13.3. The summed E-state index contributed by atoms with van der Waals surface area (Å²) in [6.07, 6.45) is 3.40. The summed E-state index contributed by atoms with van der Waals surface area (Å²) in [7, 11) is 0. The molecule has 118 valence electrons. The number of anilines is 1. The third kappa shape index (κ3) is 2.97. The molecule has 0 heterocycles. The van der Waals surface area contributed by atoms with Gasteiger partial charge in [0.2, 0.25) is 0 Å². The second-order valence-electron chi connectivity index (χ2n) is 5.63. The lowest BCUT2D eigenvalue weighted by Gasteiger charge is -2.18. The summed E-state index contributed by atoms with van der Waals surface area (Å²) in [5, 5.41) is 2.84. The highest BCUT2D eigenvalue weighted by atomic mass is 16.1. The lowest BCUT2D eigenvalue weighted by molar-refractivity contribution is 0.101. The van der Waals surface area contributed by atoms with Crippen LogP contribution in [0.4, 0.5) is 11.4 Å². The first-order valence-corrected chi connectivity index (χ1v) is 7.74. The molecule has 0 bridgehead atoms. The highest BCUT2D eigenvalue weighted by molar-refractivity contribution is 6.11. The smallest absolute Gasteiger partial charge is 0.255 e. The predicted octanol–water partition coefficient (Wildman–Crippen LogP) is 4.56. The zero-order chi connectivity index (χ0) is 17.1. The van der Waals surface area contributed by atoms with E-state index >= 15 is 0 Å². The molecule has 2 aromatic rings. The van der Waals surface area contributed by atoms with Crippen LogP contribution in [0.5, 0.6) is 0 Å².